The lowest BCUT2D eigenvalue weighted by Crippen LogP contribution is -2.47. The van der Waals surface area contributed by atoms with E-state index in [-0.39, 0.29) is 23.3 Å². The topological polar surface area (TPSA) is 32.7 Å². The monoisotopic (exact) mass is 512 g/mol. The molecule has 3 heteroatoms. The van der Waals surface area contributed by atoms with Crippen LogP contribution in [0.5, 0.6) is 0 Å². The van der Waals surface area contributed by atoms with Crippen LogP contribution in [-0.4, -0.2) is 36.0 Å². The molecule has 6 rings (SSSR count). The van der Waals surface area contributed by atoms with Gasteiger partial charge in [0.1, 0.15) is 5.78 Å². The quantitative estimate of drug-likeness (QED) is 0.247. The van der Waals surface area contributed by atoms with Gasteiger partial charge >= 0.3 is 0 Å². The normalized spacial score (nSPS) is 21.9. The highest BCUT2D eigenvalue weighted by Crippen LogP contribution is 2.52. The molecule has 1 saturated carbocycles. The fraction of sp³-hybridized carbons (Fsp3) is 0.278. The Morgan fingerprint density at radius 2 is 1.33 bits per heavy atom. The summed E-state index contributed by atoms with van der Waals surface area (Å²) in [5.41, 5.74) is 5.94. The van der Waals surface area contributed by atoms with Crippen LogP contribution in [0.2, 0.25) is 0 Å². The van der Waals surface area contributed by atoms with Crippen LogP contribution >= 0.6 is 0 Å². The number of aliphatic imine (C=N–C) groups is 1. The van der Waals surface area contributed by atoms with Crippen LogP contribution < -0.4 is 0 Å². The molecular weight excluding hydrogens is 476 g/mol. The predicted molar refractivity (Wildman–Crippen MR) is 159 cm³/mol. The maximum atomic E-state index is 13.4. The number of rotatable bonds is 7. The summed E-state index contributed by atoms with van der Waals surface area (Å²) in [5, 5.41) is 0. The van der Waals surface area contributed by atoms with E-state index in [9.17, 15) is 4.79 Å². The SMILES string of the molecule is CC(N=C(CN1CC2C(=O)CCC(c3ccccc3)(c3ccccc3)C2C1)c1ccccc1)c1ccccc1. The minimum absolute atomic E-state index is 0.0303. The first-order valence-corrected chi connectivity index (χ1v) is 14.2. The fourth-order valence-electron chi connectivity index (χ4n) is 6.97. The standard InChI is InChI=1S/C36H36N2O/c1-27(28-14-6-2-7-15-28)37-34(29-16-8-3-9-17-29)26-38-24-32-33(25-38)36(23-22-35(32)39,30-18-10-4-11-19-30)31-20-12-5-13-21-31/h2-21,27,32-33H,22-26H2,1H3. The summed E-state index contributed by atoms with van der Waals surface area (Å²) >= 11 is 0. The van der Waals surface area contributed by atoms with Gasteiger partial charge < -0.3 is 0 Å². The van der Waals surface area contributed by atoms with Crippen molar-refractivity contribution in [1.82, 2.24) is 4.90 Å². The van der Waals surface area contributed by atoms with E-state index in [1.54, 1.807) is 0 Å². The summed E-state index contributed by atoms with van der Waals surface area (Å²) in [6.45, 7) is 4.57. The highest BCUT2D eigenvalue weighted by atomic mass is 16.1. The van der Waals surface area contributed by atoms with E-state index in [1.807, 2.05) is 6.07 Å². The van der Waals surface area contributed by atoms with Crippen molar-refractivity contribution in [3.63, 3.8) is 0 Å². The lowest BCUT2D eigenvalue weighted by atomic mass is 9.56. The van der Waals surface area contributed by atoms with E-state index in [0.717, 1.165) is 37.3 Å². The molecule has 0 amide bonds. The molecule has 2 fully saturated rings. The molecule has 0 bridgehead atoms. The highest BCUT2D eigenvalue weighted by molar-refractivity contribution is 6.02. The summed E-state index contributed by atoms with van der Waals surface area (Å²) in [4.78, 5) is 21.2. The molecule has 0 radical (unpaired) electrons. The molecule has 196 valence electrons. The number of Topliss-reactive ketones (excluding diaryl/α,β-unsaturated/α-hetero) is 1. The summed E-state index contributed by atoms with van der Waals surface area (Å²) in [5.74, 6) is 0.677. The molecule has 1 heterocycles. The number of fused-ring (bicyclic) bond motifs is 1. The van der Waals surface area contributed by atoms with Gasteiger partial charge in [-0.05, 0) is 41.5 Å². The van der Waals surface area contributed by atoms with Crippen LogP contribution in [0.4, 0.5) is 0 Å². The van der Waals surface area contributed by atoms with E-state index in [1.165, 1.54) is 16.7 Å². The highest BCUT2D eigenvalue weighted by Gasteiger charge is 2.54. The molecule has 39 heavy (non-hydrogen) atoms. The van der Waals surface area contributed by atoms with Crippen molar-refractivity contribution in [3.8, 4) is 0 Å². The van der Waals surface area contributed by atoms with Crippen LogP contribution in [0.1, 0.15) is 48.1 Å². The Hall–Kier alpha value is -3.82. The van der Waals surface area contributed by atoms with E-state index >= 15 is 0 Å². The second-order valence-corrected chi connectivity index (χ2v) is 11.1. The van der Waals surface area contributed by atoms with Gasteiger partial charge in [-0.1, -0.05) is 121 Å². The van der Waals surface area contributed by atoms with Gasteiger partial charge in [0.2, 0.25) is 0 Å². The largest absolute Gasteiger partial charge is 0.299 e. The average molecular weight is 513 g/mol. The lowest BCUT2D eigenvalue weighted by molar-refractivity contribution is -0.126. The molecule has 3 unspecified atom stereocenters. The molecule has 0 spiro atoms. The average Bonchev–Trinajstić information content (AvgIpc) is 3.44. The summed E-state index contributed by atoms with van der Waals surface area (Å²) in [7, 11) is 0. The lowest BCUT2D eigenvalue weighted by Gasteiger charge is -2.46. The second-order valence-electron chi connectivity index (χ2n) is 11.1. The van der Waals surface area contributed by atoms with E-state index in [2.05, 4.69) is 127 Å². The van der Waals surface area contributed by atoms with Gasteiger partial charge in [-0.2, -0.15) is 0 Å². The molecule has 1 aliphatic carbocycles. The molecule has 0 N–H and O–H groups in total. The first-order chi connectivity index (χ1) is 19.1. The minimum atomic E-state index is -0.169. The maximum Gasteiger partial charge on any atom is 0.137 e. The number of hydrogen-bond donors (Lipinski definition) is 0. The van der Waals surface area contributed by atoms with Crippen molar-refractivity contribution in [2.45, 2.75) is 31.2 Å². The number of ketones is 1. The third kappa shape index (κ3) is 4.99. The van der Waals surface area contributed by atoms with E-state index in [0.29, 0.717) is 12.2 Å². The third-order valence-corrected chi connectivity index (χ3v) is 8.90. The summed E-state index contributed by atoms with van der Waals surface area (Å²) < 4.78 is 0. The smallest absolute Gasteiger partial charge is 0.137 e. The Bertz CT molecular complexity index is 1380. The zero-order chi connectivity index (χ0) is 26.7. The molecule has 3 nitrogen and oxygen atoms in total. The molecule has 0 aromatic heterocycles. The van der Waals surface area contributed by atoms with Gasteiger partial charge in [0.15, 0.2) is 0 Å². The number of nitrogens with zero attached hydrogens (tertiary/aromatic N) is 2. The van der Waals surface area contributed by atoms with Crippen molar-refractivity contribution in [1.29, 1.82) is 0 Å². The van der Waals surface area contributed by atoms with Crippen molar-refractivity contribution >= 4 is 11.5 Å². The van der Waals surface area contributed by atoms with Crippen LogP contribution in [0.25, 0.3) is 0 Å². The number of likely N-dealkylation sites (tertiary alicyclic amines) is 1. The Labute approximate surface area is 232 Å². The predicted octanol–water partition coefficient (Wildman–Crippen LogP) is 7.13. The molecule has 1 saturated heterocycles. The molecule has 4 aromatic rings. The van der Waals surface area contributed by atoms with Crippen molar-refractivity contribution in [2.75, 3.05) is 19.6 Å². The summed E-state index contributed by atoms with van der Waals surface area (Å²) in [6, 6.07) is 42.9. The first-order valence-electron chi connectivity index (χ1n) is 14.2. The Balaban J connectivity index is 1.36. The molecule has 2 aliphatic rings. The maximum absolute atomic E-state index is 13.4. The van der Waals surface area contributed by atoms with Gasteiger partial charge in [0, 0.05) is 37.4 Å². The van der Waals surface area contributed by atoms with Gasteiger partial charge in [-0.25, -0.2) is 0 Å². The second kappa shape index (κ2) is 11.1. The van der Waals surface area contributed by atoms with Crippen LogP contribution in [0.3, 0.4) is 0 Å². The summed E-state index contributed by atoms with van der Waals surface area (Å²) in [6.07, 6.45) is 1.49. The van der Waals surface area contributed by atoms with Gasteiger partial charge in [-0.3, -0.25) is 14.7 Å². The number of benzene rings is 4. The number of carbonyl (C=O) groups is 1. The number of carbonyl (C=O) groups excluding carboxylic acids is 1. The fourth-order valence-corrected chi connectivity index (χ4v) is 6.97. The zero-order valence-electron chi connectivity index (χ0n) is 22.6. The Morgan fingerprint density at radius 3 is 1.92 bits per heavy atom. The molecule has 1 aliphatic heterocycles. The Morgan fingerprint density at radius 1 is 0.795 bits per heavy atom. The van der Waals surface area contributed by atoms with Gasteiger partial charge in [0.05, 0.1) is 11.8 Å². The van der Waals surface area contributed by atoms with Crippen molar-refractivity contribution in [2.24, 2.45) is 16.8 Å². The van der Waals surface area contributed by atoms with Crippen molar-refractivity contribution < 1.29 is 4.79 Å². The van der Waals surface area contributed by atoms with Gasteiger partial charge in [0.25, 0.3) is 0 Å². The van der Waals surface area contributed by atoms with Crippen molar-refractivity contribution in [3.05, 3.63) is 144 Å². The van der Waals surface area contributed by atoms with Crippen LogP contribution in [-0.2, 0) is 10.2 Å². The number of hydrogen-bond acceptors (Lipinski definition) is 3. The molecular formula is C36H36N2O. The minimum Gasteiger partial charge on any atom is -0.299 e. The van der Waals surface area contributed by atoms with Crippen LogP contribution in [0, 0.1) is 11.8 Å². The zero-order valence-corrected chi connectivity index (χ0v) is 22.6. The van der Waals surface area contributed by atoms with Gasteiger partial charge in [-0.15, -0.1) is 0 Å². The van der Waals surface area contributed by atoms with E-state index < -0.39 is 0 Å². The molecule has 4 aromatic carbocycles. The third-order valence-electron chi connectivity index (χ3n) is 8.90. The Kier molecular flexibility index (Phi) is 7.26. The van der Waals surface area contributed by atoms with E-state index in [4.69, 9.17) is 4.99 Å². The first kappa shape index (κ1) is 25.5. The van der Waals surface area contributed by atoms with Crippen LogP contribution in [0.15, 0.2) is 126 Å². The molecule has 3 atom stereocenters.